The lowest BCUT2D eigenvalue weighted by Crippen LogP contribution is -2.48. The number of nitrogens with zero attached hydrogens (tertiary/aromatic N) is 4. The third kappa shape index (κ3) is 20.2. The number of imidazole rings is 1. The molecular weight excluding hydrogens is 1030 g/mol. The summed E-state index contributed by atoms with van der Waals surface area (Å²) < 4.78 is 72.2. The molecule has 0 radical (unpaired) electrons. The van der Waals surface area contributed by atoms with Crippen molar-refractivity contribution in [2.75, 3.05) is 37.8 Å². The van der Waals surface area contributed by atoms with E-state index in [1.165, 1.54) is 13.8 Å². The van der Waals surface area contributed by atoms with Gasteiger partial charge in [0.15, 0.2) is 29.1 Å². The van der Waals surface area contributed by atoms with E-state index in [0.717, 1.165) is 80.4 Å². The first-order chi connectivity index (χ1) is 33.2. The number of nitrogens with two attached hydrogens (primary N) is 1. The molecule has 2 amide bonds. The monoisotopic (exact) mass is 1090 g/mol. The lowest BCUT2D eigenvalue weighted by molar-refractivity contribution is -0.347. The highest BCUT2D eigenvalue weighted by atomic mass is 32.2. The Labute approximate surface area is 413 Å². The molecule has 0 aliphatic carbocycles. The van der Waals surface area contributed by atoms with E-state index in [2.05, 4.69) is 43.5 Å². The number of fused-ring (bicyclic) bond motifs is 1. The first-order valence-electron chi connectivity index (χ1n) is 22.8. The zero-order chi connectivity index (χ0) is 52.7. The molecule has 0 saturated carbocycles. The lowest BCUT2D eigenvalue weighted by Gasteiger charge is -2.36. The highest BCUT2D eigenvalue weighted by molar-refractivity contribution is 8.13. The Balaban J connectivity index is 1.05. The minimum atomic E-state index is -5.93. The van der Waals surface area contributed by atoms with Crippen LogP contribution >= 0.6 is 35.2 Å². The Hall–Kier alpha value is -2.60. The molecule has 2 aromatic heterocycles. The Morgan fingerprint density at radius 2 is 1.59 bits per heavy atom. The molecule has 32 heteroatoms. The molecule has 4 heterocycles. The summed E-state index contributed by atoms with van der Waals surface area (Å²) in [5.41, 5.74) is 4.06. The molecule has 2 aliphatic rings. The normalized spacial score (nSPS) is 25.6. The van der Waals surface area contributed by atoms with Crippen molar-refractivity contribution in [2.45, 2.75) is 160 Å². The van der Waals surface area contributed by atoms with Crippen LogP contribution in [0.15, 0.2) is 12.7 Å². The van der Waals surface area contributed by atoms with Crippen LogP contribution in [0.3, 0.4) is 0 Å². The fourth-order valence-corrected chi connectivity index (χ4v) is 10.7. The third-order valence-electron chi connectivity index (χ3n) is 11.3. The third-order valence-corrected chi connectivity index (χ3v) is 15.2. The molecule has 4 rings (SSSR count). The second kappa shape index (κ2) is 27.8. The van der Waals surface area contributed by atoms with E-state index in [1.807, 2.05) is 6.92 Å². The van der Waals surface area contributed by atoms with E-state index < -0.39 is 109 Å². The SMILES string of the molecule is C[C@H](CCCCCCCCCC(=O)SCCNC(=O)CCNC(=O)[C@H](O)C(C)(C)COP(=O)([O-])OP(=O)([O-])OC[C@H]1O[C@@H](n2cnc3c(N)ncnc32)[C@H](O)[C@@H]1OP(=O)([O-])[O-])O[C@@H]1O[C@@H](C)[C@H](O)C[C@H]1O. The van der Waals surface area contributed by atoms with Crippen molar-refractivity contribution in [3.63, 3.8) is 0 Å². The van der Waals surface area contributed by atoms with Gasteiger partial charge in [0, 0.05) is 43.5 Å². The summed E-state index contributed by atoms with van der Waals surface area (Å²) in [4.78, 5) is 97.0. The predicted octanol–water partition coefficient (Wildman–Crippen LogP) is -1.09. The van der Waals surface area contributed by atoms with Gasteiger partial charge >= 0.3 is 0 Å². The standard InChI is InChI=1S/C39H68N7O21P3S/c1-23(63-38-26(48)18-25(47)24(2)64-38)12-10-8-6-5-7-9-11-13-29(50)71-17-16-41-28(49)14-15-42-36(53)33(52)39(3,4)20-62-70(59,60)67-69(57,58)61-19-27-32(66-68(54,55)56)31(51)37(65-27)46-22-45-30-34(40)43-21-44-35(30)46/h21-27,31-33,37-38,47-48,51-52H,5-20H2,1-4H3,(H,41,49)(H,42,53)(H,57,58)(H,59,60)(H2,40,43,44)(H2,54,55,56)/p-4/t23-,24+,25-,26-,27-,31-,32-,33+,37-,38-/m1/s1. The molecule has 12 atom stereocenters. The molecule has 406 valence electrons. The van der Waals surface area contributed by atoms with Crippen molar-refractivity contribution in [3.8, 4) is 0 Å². The molecule has 2 aliphatic heterocycles. The number of phosphoric acid groups is 3. The summed E-state index contributed by atoms with van der Waals surface area (Å²) in [6, 6.07) is 0. The van der Waals surface area contributed by atoms with Crippen LogP contribution in [-0.4, -0.2) is 144 Å². The van der Waals surface area contributed by atoms with Crippen LogP contribution in [0.4, 0.5) is 5.82 Å². The van der Waals surface area contributed by atoms with Crippen LogP contribution in [0.1, 0.15) is 105 Å². The van der Waals surface area contributed by atoms with Gasteiger partial charge in [0.1, 0.15) is 42.4 Å². The minimum Gasteiger partial charge on any atom is -0.790 e. The smallest absolute Gasteiger partial charge is 0.274 e. The van der Waals surface area contributed by atoms with Crippen molar-refractivity contribution >= 4 is 69.1 Å². The van der Waals surface area contributed by atoms with Gasteiger partial charge in [0.05, 0.1) is 45.7 Å². The molecule has 0 spiro atoms. The van der Waals surface area contributed by atoms with Crippen molar-refractivity contribution in [3.05, 3.63) is 12.7 Å². The van der Waals surface area contributed by atoms with E-state index in [1.54, 1.807) is 6.92 Å². The van der Waals surface area contributed by atoms with E-state index >= 15 is 0 Å². The summed E-state index contributed by atoms with van der Waals surface area (Å²) in [5.74, 6) is -1.23. The van der Waals surface area contributed by atoms with Crippen LogP contribution in [0.5, 0.6) is 0 Å². The van der Waals surface area contributed by atoms with Crippen LogP contribution in [0, 0.1) is 5.41 Å². The summed E-state index contributed by atoms with van der Waals surface area (Å²) in [5, 5.41) is 46.3. The van der Waals surface area contributed by atoms with Gasteiger partial charge in [-0.1, -0.05) is 64.1 Å². The molecule has 2 aromatic rings. The van der Waals surface area contributed by atoms with Crippen molar-refractivity contribution in [1.82, 2.24) is 30.2 Å². The van der Waals surface area contributed by atoms with Gasteiger partial charge in [0.25, 0.3) is 15.6 Å². The van der Waals surface area contributed by atoms with Crippen LogP contribution in [0.25, 0.3) is 11.2 Å². The van der Waals surface area contributed by atoms with Gasteiger partial charge in [-0.2, -0.15) is 0 Å². The van der Waals surface area contributed by atoms with Gasteiger partial charge in [-0.05, 0) is 26.7 Å². The first-order valence-corrected chi connectivity index (χ1v) is 28.2. The molecule has 2 unspecified atom stereocenters. The highest BCUT2D eigenvalue weighted by Gasteiger charge is 2.47. The number of nitrogens with one attached hydrogen (secondary N) is 2. The maximum absolute atomic E-state index is 12.7. The lowest BCUT2D eigenvalue weighted by atomic mass is 9.87. The molecular formula is C39H64N7O21P3S-4. The second-order valence-corrected chi connectivity index (χ2v) is 23.0. The number of carbonyl (C=O) groups excluding carboxylic acids is 3. The number of phosphoric ester groups is 3. The maximum atomic E-state index is 12.7. The number of nitrogen functional groups attached to an aromatic ring is 1. The van der Waals surface area contributed by atoms with Crippen molar-refractivity contribution < 1.29 is 100 Å². The molecule has 0 aromatic carbocycles. The van der Waals surface area contributed by atoms with E-state index in [9.17, 15) is 68.1 Å². The Kier molecular flexibility index (Phi) is 23.9. The molecule has 28 nitrogen and oxygen atoms in total. The number of rotatable bonds is 31. The van der Waals surface area contributed by atoms with Crippen LogP contribution in [-0.2, 0) is 60.2 Å². The molecule has 0 bridgehead atoms. The molecule has 71 heavy (non-hydrogen) atoms. The number of anilines is 1. The van der Waals surface area contributed by atoms with Crippen molar-refractivity contribution in [1.29, 1.82) is 0 Å². The van der Waals surface area contributed by atoms with Gasteiger partial charge in [-0.3, -0.25) is 28.1 Å². The van der Waals surface area contributed by atoms with E-state index in [0.29, 0.717) is 12.2 Å². The quantitative estimate of drug-likeness (QED) is 0.0348. The second-order valence-electron chi connectivity index (χ2n) is 17.7. The van der Waals surface area contributed by atoms with Gasteiger partial charge in [-0.15, -0.1) is 0 Å². The van der Waals surface area contributed by atoms with Crippen molar-refractivity contribution in [2.24, 2.45) is 5.41 Å². The number of thioether (sulfide) groups is 1. The average molecular weight is 1090 g/mol. The predicted molar refractivity (Wildman–Crippen MR) is 241 cm³/mol. The number of hydrogen-bond acceptors (Lipinski definition) is 26. The summed E-state index contributed by atoms with van der Waals surface area (Å²) in [7, 11) is -17.7. The fourth-order valence-electron chi connectivity index (χ4n) is 7.29. The van der Waals surface area contributed by atoms with E-state index in [-0.39, 0.29) is 54.1 Å². The zero-order valence-corrected chi connectivity index (χ0v) is 43.1. The average Bonchev–Trinajstić information content (AvgIpc) is 3.84. The van der Waals surface area contributed by atoms with Crippen LogP contribution in [0.2, 0.25) is 0 Å². The fraction of sp³-hybridized carbons (Fsp3) is 0.795. The first kappa shape index (κ1) is 61.0. The zero-order valence-electron chi connectivity index (χ0n) is 39.6. The Bertz CT molecular complexity index is 2190. The largest absolute Gasteiger partial charge is 0.790 e. The van der Waals surface area contributed by atoms with E-state index in [4.69, 9.17) is 19.9 Å². The van der Waals surface area contributed by atoms with Gasteiger partial charge < -0.3 is 88.7 Å². The Morgan fingerprint density at radius 3 is 2.28 bits per heavy atom. The summed E-state index contributed by atoms with van der Waals surface area (Å²) in [6.07, 6.45) is -2.20. The summed E-state index contributed by atoms with van der Waals surface area (Å²) in [6.45, 7) is 3.75. The number of hydrogen-bond donors (Lipinski definition) is 7. The number of aliphatic hydroxyl groups excluding tert-OH is 4. The van der Waals surface area contributed by atoms with Crippen LogP contribution < -0.4 is 35.9 Å². The van der Waals surface area contributed by atoms with Gasteiger partial charge in [-0.25, -0.2) is 19.3 Å². The number of amides is 2. The number of ether oxygens (including phenoxy) is 3. The number of unbranched alkanes of at least 4 members (excludes halogenated alkanes) is 6. The molecule has 2 fully saturated rings. The summed E-state index contributed by atoms with van der Waals surface area (Å²) >= 11 is 1.10. The highest BCUT2D eigenvalue weighted by Crippen LogP contribution is 2.56. The molecule has 2 saturated heterocycles. The molecule has 8 N–H and O–H groups in total. The van der Waals surface area contributed by atoms with Gasteiger partial charge in [0.2, 0.25) is 11.8 Å². The number of aromatic nitrogens is 4. The number of aliphatic hydroxyl groups is 4. The number of carbonyl (C=O) groups is 3. The minimum absolute atomic E-state index is 0.00448. The maximum Gasteiger partial charge on any atom is 0.274 e. The Morgan fingerprint density at radius 1 is 0.930 bits per heavy atom. The topological polar surface area (TPSA) is 434 Å².